The standard InChI is InChI=1S/C21H26Se2/c1-2-3-4-5-8-17-21(23-20-15-11-7-12-16-20)18-22-19-13-9-6-10-14-19/h6-7,9-17H,2-5,8,18H2,1H3/b21-17-. The fourth-order valence-corrected chi connectivity index (χ4v) is 6.99. The van der Waals surface area contributed by atoms with Crippen molar-refractivity contribution in [3.63, 3.8) is 0 Å². The maximum atomic E-state index is 2.55. The van der Waals surface area contributed by atoms with Crippen LogP contribution >= 0.6 is 0 Å². The third-order valence-electron chi connectivity index (χ3n) is 3.55. The van der Waals surface area contributed by atoms with Gasteiger partial charge >= 0.3 is 154 Å². The van der Waals surface area contributed by atoms with Gasteiger partial charge in [0.05, 0.1) is 0 Å². The molecular formula is C21H26Se2. The number of unbranched alkanes of at least 4 members (excludes halogenated alkanes) is 4. The first-order chi connectivity index (χ1) is 11.4. The molecule has 0 N–H and O–H groups in total. The minimum absolute atomic E-state index is 0.489. The number of hydrogen-bond acceptors (Lipinski definition) is 0. The van der Waals surface area contributed by atoms with Gasteiger partial charge in [0, 0.05) is 0 Å². The molecule has 0 nitrogen and oxygen atoms in total. The van der Waals surface area contributed by atoms with E-state index in [-0.39, 0.29) is 0 Å². The van der Waals surface area contributed by atoms with Gasteiger partial charge < -0.3 is 0 Å². The molecule has 0 saturated carbocycles. The summed E-state index contributed by atoms with van der Waals surface area (Å²) in [6.45, 7) is 2.28. The normalized spacial score (nSPS) is 11.6. The zero-order chi connectivity index (χ0) is 16.2. The molecular weight excluding hydrogens is 410 g/mol. The van der Waals surface area contributed by atoms with E-state index in [9.17, 15) is 0 Å². The van der Waals surface area contributed by atoms with Crippen molar-refractivity contribution in [2.75, 3.05) is 0 Å². The van der Waals surface area contributed by atoms with Crippen molar-refractivity contribution in [3.8, 4) is 0 Å². The first kappa shape index (κ1) is 18.6. The number of rotatable bonds is 10. The van der Waals surface area contributed by atoms with E-state index in [1.807, 2.05) is 0 Å². The second kappa shape index (κ2) is 11.7. The number of allylic oxidation sites excluding steroid dienone is 2. The van der Waals surface area contributed by atoms with Crippen LogP contribution < -0.4 is 8.92 Å². The van der Waals surface area contributed by atoms with Crippen molar-refractivity contribution in [3.05, 3.63) is 71.2 Å². The molecule has 0 aliphatic carbocycles. The summed E-state index contributed by atoms with van der Waals surface area (Å²) in [4.78, 5) is 0. The van der Waals surface area contributed by atoms with Gasteiger partial charge in [0.15, 0.2) is 0 Å². The fraction of sp³-hybridized carbons (Fsp3) is 0.333. The quantitative estimate of drug-likeness (QED) is 0.385. The SMILES string of the molecule is CCCCCC/C=C(/C[Se]c1ccccc1)[Se]c1ccccc1. The molecule has 0 saturated heterocycles. The summed E-state index contributed by atoms with van der Waals surface area (Å²) in [5.41, 5.74) is 0. The summed E-state index contributed by atoms with van der Waals surface area (Å²) in [5.74, 6) is 0. The zero-order valence-corrected chi connectivity index (χ0v) is 17.3. The van der Waals surface area contributed by atoms with Crippen LogP contribution in [0.25, 0.3) is 0 Å². The second-order valence-electron chi connectivity index (χ2n) is 5.54. The first-order valence-corrected chi connectivity index (χ1v) is 12.3. The molecule has 2 aromatic rings. The maximum absolute atomic E-state index is 2.55. The predicted molar refractivity (Wildman–Crippen MR) is 105 cm³/mol. The van der Waals surface area contributed by atoms with Crippen molar-refractivity contribution < 1.29 is 0 Å². The van der Waals surface area contributed by atoms with Crippen LogP contribution in [0.4, 0.5) is 0 Å². The van der Waals surface area contributed by atoms with Crippen molar-refractivity contribution in [1.82, 2.24) is 0 Å². The molecule has 0 spiro atoms. The van der Waals surface area contributed by atoms with Crippen LogP contribution in [-0.2, 0) is 0 Å². The van der Waals surface area contributed by atoms with Crippen molar-refractivity contribution >= 4 is 38.8 Å². The van der Waals surface area contributed by atoms with Crippen molar-refractivity contribution in [2.45, 2.75) is 44.3 Å². The fourth-order valence-electron chi connectivity index (χ4n) is 2.28. The molecule has 0 fully saturated rings. The van der Waals surface area contributed by atoms with E-state index >= 15 is 0 Å². The van der Waals surface area contributed by atoms with Gasteiger partial charge in [-0.2, -0.15) is 0 Å². The molecule has 0 aromatic heterocycles. The molecule has 0 aliphatic heterocycles. The van der Waals surface area contributed by atoms with Gasteiger partial charge in [-0.25, -0.2) is 0 Å². The minimum atomic E-state index is 0.489. The Hall–Kier alpha value is -0.781. The average molecular weight is 436 g/mol. The average Bonchev–Trinajstić information content (AvgIpc) is 2.61. The van der Waals surface area contributed by atoms with Gasteiger partial charge in [-0.1, -0.05) is 0 Å². The zero-order valence-electron chi connectivity index (χ0n) is 13.9. The Kier molecular flexibility index (Phi) is 9.45. The van der Waals surface area contributed by atoms with Crippen LogP contribution in [-0.4, -0.2) is 29.9 Å². The Bertz CT molecular complexity index is 561. The third-order valence-corrected chi connectivity index (χ3v) is 8.97. The van der Waals surface area contributed by atoms with Gasteiger partial charge in [-0.05, 0) is 0 Å². The number of benzene rings is 2. The van der Waals surface area contributed by atoms with Gasteiger partial charge in [0.1, 0.15) is 0 Å². The summed E-state index contributed by atoms with van der Waals surface area (Å²) in [6.07, 6.45) is 9.23. The van der Waals surface area contributed by atoms with Crippen molar-refractivity contribution in [1.29, 1.82) is 0 Å². The van der Waals surface area contributed by atoms with Crippen LogP contribution in [0.3, 0.4) is 0 Å². The molecule has 2 aromatic carbocycles. The molecule has 0 atom stereocenters. The molecule has 122 valence electrons. The summed E-state index contributed by atoms with van der Waals surface area (Å²) in [5, 5.41) is 1.26. The molecule has 2 heteroatoms. The Balaban J connectivity index is 1.91. The molecule has 0 radical (unpaired) electrons. The summed E-state index contributed by atoms with van der Waals surface area (Å²) < 4.78 is 4.70. The Morgan fingerprint density at radius 2 is 1.48 bits per heavy atom. The van der Waals surface area contributed by atoms with Gasteiger partial charge in [0.2, 0.25) is 0 Å². The molecule has 0 aliphatic rings. The van der Waals surface area contributed by atoms with E-state index in [4.69, 9.17) is 0 Å². The van der Waals surface area contributed by atoms with E-state index in [1.54, 1.807) is 4.47 Å². The van der Waals surface area contributed by atoms with Gasteiger partial charge in [-0.3, -0.25) is 0 Å². The number of hydrogen-bond donors (Lipinski definition) is 0. The van der Waals surface area contributed by atoms with Gasteiger partial charge in [0.25, 0.3) is 0 Å². The molecule has 23 heavy (non-hydrogen) atoms. The van der Waals surface area contributed by atoms with Crippen LogP contribution in [0, 0.1) is 0 Å². The van der Waals surface area contributed by atoms with Crippen molar-refractivity contribution in [2.24, 2.45) is 0 Å². The van der Waals surface area contributed by atoms with E-state index in [1.165, 1.54) is 46.3 Å². The summed E-state index contributed by atoms with van der Waals surface area (Å²) in [6, 6.07) is 22.0. The second-order valence-corrected chi connectivity index (χ2v) is 10.3. The molecule has 0 heterocycles. The monoisotopic (exact) mass is 438 g/mol. The molecule has 0 unspecified atom stereocenters. The van der Waals surface area contributed by atoms with Gasteiger partial charge in [-0.15, -0.1) is 0 Å². The first-order valence-electron chi connectivity index (χ1n) is 8.48. The third kappa shape index (κ3) is 8.04. The predicted octanol–water partition coefficient (Wildman–Crippen LogP) is 4.32. The molecule has 0 amide bonds. The Labute approximate surface area is 154 Å². The van der Waals surface area contributed by atoms with Crippen LogP contribution in [0.2, 0.25) is 5.32 Å². The Morgan fingerprint density at radius 3 is 2.13 bits per heavy atom. The summed E-state index contributed by atoms with van der Waals surface area (Å²) in [7, 11) is 0. The molecule has 2 rings (SSSR count). The summed E-state index contributed by atoms with van der Waals surface area (Å²) >= 11 is 1.05. The van der Waals surface area contributed by atoms with Crippen LogP contribution in [0.15, 0.2) is 71.2 Å². The van der Waals surface area contributed by atoms with E-state index in [0.717, 1.165) is 0 Å². The van der Waals surface area contributed by atoms with Crippen LogP contribution in [0.1, 0.15) is 39.0 Å². The van der Waals surface area contributed by atoms with E-state index < -0.39 is 0 Å². The van der Waals surface area contributed by atoms with Crippen LogP contribution in [0.5, 0.6) is 0 Å². The topological polar surface area (TPSA) is 0 Å². The Morgan fingerprint density at radius 1 is 0.826 bits per heavy atom. The van der Waals surface area contributed by atoms with E-state index in [2.05, 4.69) is 73.7 Å². The van der Waals surface area contributed by atoms with E-state index in [0.29, 0.717) is 29.9 Å². The molecule has 0 bridgehead atoms.